The topological polar surface area (TPSA) is 72.5 Å². The molecule has 88 valence electrons. The van der Waals surface area contributed by atoms with Crippen LogP contribution in [0.15, 0.2) is 18.2 Å². The first kappa shape index (κ1) is 13.0. The number of hydrogen-bond acceptors (Lipinski definition) is 4. The highest BCUT2D eigenvalue weighted by Crippen LogP contribution is 2.30. The van der Waals surface area contributed by atoms with Crippen LogP contribution in [0, 0.1) is 0 Å². The third-order valence-corrected chi connectivity index (χ3v) is 2.77. The van der Waals surface area contributed by atoms with Gasteiger partial charge in [-0.05, 0) is 23.3 Å². The maximum absolute atomic E-state index is 11.3. The van der Waals surface area contributed by atoms with Gasteiger partial charge in [-0.3, -0.25) is 0 Å². The summed E-state index contributed by atoms with van der Waals surface area (Å²) >= 11 is 0. The van der Waals surface area contributed by atoms with Crippen LogP contribution in [0.4, 0.5) is 0 Å². The van der Waals surface area contributed by atoms with Gasteiger partial charge in [0, 0.05) is 6.42 Å². The summed E-state index contributed by atoms with van der Waals surface area (Å²) in [6.07, 6.45) is -0.0469. The van der Waals surface area contributed by atoms with E-state index in [1.165, 1.54) is 7.11 Å². The normalized spacial score (nSPS) is 22.2. The molecule has 2 rings (SSSR count). The fraction of sp³-hybridized carbons (Fsp3) is 0.364. The average molecular weight is 244 g/mol. The number of hydrogen-bond donors (Lipinski definition) is 2. The number of aliphatic hydroxyl groups excluding tert-OH is 1. The Balaban J connectivity index is 0.00000128. The smallest absolute Gasteiger partial charge is 0.337 e. The SMILES string of the molecule is COC(=O)c1ccc2c(c1)C[C@@H](O)[C@@H]2N.Cl. The monoisotopic (exact) mass is 243 g/mol. The Kier molecular flexibility index (Phi) is 3.91. The fourth-order valence-electron chi connectivity index (χ4n) is 1.91. The highest BCUT2D eigenvalue weighted by molar-refractivity contribution is 5.89. The van der Waals surface area contributed by atoms with Gasteiger partial charge in [0.2, 0.25) is 0 Å². The first-order chi connectivity index (χ1) is 7.13. The molecule has 0 radical (unpaired) electrons. The number of fused-ring (bicyclic) bond motifs is 1. The number of esters is 1. The standard InChI is InChI=1S/C11H13NO3.ClH/c1-15-11(14)6-2-3-8-7(4-6)5-9(13)10(8)12;/h2-4,9-10,13H,5,12H2,1H3;1H/t9-,10-;/m1./s1. The van der Waals surface area contributed by atoms with Gasteiger partial charge in [0.1, 0.15) is 0 Å². The van der Waals surface area contributed by atoms with E-state index in [4.69, 9.17) is 5.73 Å². The van der Waals surface area contributed by atoms with Gasteiger partial charge in [0.15, 0.2) is 0 Å². The lowest BCUT2D eigenvalue weighted by atomic mass is 10.1. The molecule has 1 aliphatic rings. The summed E-state index contributed by atoms with van der Waals surface area (Å²) in [5, 5.41) is 9.56. The molecule has 1 aliphatic carbocycles. The summed E-state index contributed by atoms with van der Waals surface area (Å²) in [5.41, 5.74) is 8.12. The Bertz CT molecular complexity index is 408. The van der Waals surface area contributed by atoms with Crippen molar-refractivity contribution < 1.29 is 14.6 Å². The van der Waals surface area contributed by atoms with E-state index in [0.717, 1.165) is 11.1 Å². The van der Waals surface area contributed by atoms with Crippen molar-refractivity contribution in [3.8, 4) is 0 Å². The van der Waals surface area contributed by atoms with E-state index in [-0.39, 0.29) is 24.4 Å². The Labute approximate surface area is 99.8 Å². The van der Waals surface area contributed by atoms with Gasteiger partial charge in [-0.15, -0.1) is 12.4 Å². The second-order valence-electron chi connectivity index (χ2n) is 3.70. The van der Waals surface area contributed by atoms with Crippen LogP contribution in [0.25, 0.3) is 0 Å². The molecule has 0 fully saturated rings. The van der Waals surface area contributed by atoms with E-state index in [2.05, 4.69) is 4.74 Å². The van der Waals surface area contributed by atoms with Gasteiger partial charge < -0.3 is 15.6 Å². The van der Waals surface area contributed by atoms with Crippen molar-refractivity contribution >= 4 is 18.4 Å². The zero-order chi connectivity index (χ0) is 11.0. The van der Waals surface area contributed by atoms with Crippen molar-refractivity contribution in [2.45, 2.75) is 18.6 Å². The molecule has 3 N–H and O–H groups in total. The highest BCUT2D eigenvalue weighted by Gasteiger charge is 2.28. The number of carbonyl (C=O) groups is 1. The van der Waals surface area contributed by atoms with Crippen LogP contribution in [0.5, 0.6) is 0 Å². The number of halogens is 1. The van der Waals surface area contributed by atoms with Crippen LogP contribution in [-0.4, -0.2) is 24.3 Å². The summed E-state index contributed by atoms with van der Waals surface area (Å²) in [4.78, 5) is 11.3. The predicted molar refractivity (Wildman–Crippen MR) is 61.7 cm³/mol. The zero-order valence-electron chi connectivity index (χ0n) is 8.84. The van der Waals surface area contributed by atoms with Gasteiger partial charge in [-0.2, -0.15) is 0 Å². The molecule has 16 heavy (non-hydrogen) atoms. The number of ether oxygens (including phenoxy) is 1. The second-order valence-corrected chi connectivity index (χ2v) is 3.70. The molecule has 5 heteroatoms. The highest BCUT2D eigenvalue weighted by atomic mass is 35.5. The van der Waals surface area contributed by atoms with E-state index >= 15 is 0 Å². The number of methoxy groups -OCH3 is 1. The Morgan fingerprint density at radius 3 is 2.88 bits per heavy atom. The minimum atomic E-state index is -0.548. The van der Waals surface area contributed by atoms with E-state index in [0.29, 0.717) is 12.0 Å². The molecule has 0 amide bonds. The minimum absolute atomic E-state index is 0. The second kappa shape index (κ2) is 4.82. The maximum atomic E-state index is 11.3. The lowest BCUT2D eigenvalue weighted by Gasteiger charge is -2.08. The van der Waals surface area contributed by atoms with Crippen molar-refractivity contribution in [2.75, 3.05) is 7.11 Å². The van der Waals surface area contributed by atoms with E-state index in [1.54, 1.807) is 18.2 Å². The van der Waals surface area contributed by atoms with Gasteiger partial charge in [0.05, 0.1) is 24.8 Å². The van der Waals surface area contributed by atoms with E-state index in [1.807, 2.05) is 0 Å². The molecular formula is C11H14ClNO3. The lowest BCUT2D eigenvalue weighted by molar-refractivity contribution is 0.0600. The van der Waals surface area contributed by atoms with Gasteiger partial charge in [-0.1, -0.05) is 6.07 Å². The van der Waals surface area contributed by atoms with Gasteiger partial charge >= 0.3 is 5.97 Å². The number of aliphatic hydroxyl groups is 1. The average Bonchev–Trinajstić information content (AvgIpc) is 2.53. The van der Waals surface area contributed by atoms with Crippen LogP contribution in [0.2, 0.25) is 0 Å². The van der Waals surface area contributed by atoms with Crippen molar-refractivity contribution in [3.05, 3.63) is 34.9 Å². The first-order valence-electron chi connectivity index (χ1n) is 4.78. The van der Waals surface area contributed by atoms with Crippen molar-refractivity contribution in [1.29, 1.82) is 0 Å². The molecule has 4 nitrogen and oxygen atoms in total. The van der Waals surface area contributed by atoms with Crippen molar-refractivity contribution in [1.82, 2.24) is 0 Å². The van der Waals surface area contributed by atoms with Crippen LogP contribution in [0.3, 0.4) is 0 Å². The van der Waals surface area contributed by atoms with E-state index < -0.39 is 6.10 Å². The Morgan fingerprint density at radius 1 is 1.56 bits per heavy atom. The third-order valence-electron chi connectivity index (χ3n) is 2.77. The molecule has 0 bridgehead atoms. The van der Waals surface area contributed by atoms with E-state index in [9.17, 15) is 9.90 Å². The molecule has 0 spiro atoms. The van der Waals surface area contributed by atoms with Gasteiger partial charge in [-0.25, -0.2) is 4.79 Å². The van der Waals surface area contributed by atoms with Crippen LogP contribution < -0.4 is 5.73 Å². The fourth-order valence-corrected chi connectivity index (χ4v) is 1.91. The molecule has 0 aliphatic heterocycles. The van der Waals surface area contributed by atoms with Crippen molar-refractivity contribution in [3.63, 3.8) is 0 Å². The molecular weight excluding hydrogens is 230 g/mol. The molecule has 0 heterocycles. The molecule has 0 aromatic heterocycles. The predicted octanol–water partition coefficient (Wildman–Crippen LogP) is 0.812. The number of benzene rings is 1. The maximum Gasteiger partial charge on any atom is 0.337 e. The van der Waals surface area contributed by atoms with Crippen LogP contribution in [0.1, 0.15) is 27.5 Å². The zero-order valence-corrected chi connectivity index (χ0v) is 9.66. The summed E-state index contributed by atoms with van der Waals surface area (Å²) in [6.45, 7) is 0. The summed E-state index contributed by atoms with van der Waals surface area (Å²) in [6, 6.07) is 4.84. The number of nitrogens with two attached hydrogens (primary N) is 1. The van der Waals surface area contributed by atoms with Crippen LogP contribution >= 0.6 is 12.4 Å². The minimum Gasteiger partial charge on any atom is -0.465 e. The Morgan fingerprint density at radius 2 is 2.25 bits per heavy atom. The molecule has 1 aromatic carbocycles. The Hall–Kier alpha value is -1.10. The van der Waals surface area contributed by atoms with Crippen molar-refractivity contribution in [2.24, 2.45) is 5.73 Å². The summed E-state index contributed by atoms with van der Waals surface area (Å²) in [5.74, 6) is -0.368. The van der Waals surface area contributed by atoms with Gasteiger partial charge in [0.25, 0.3) is 0 Å². The molecule has 0 saturated carbocycles. The first-order valence-corrected chi connectivity index (χ1v) is 4.78. The molecule has 0 saturated heterocycles. The summed E-state index contributed by atoms with van der Waals surface area (Å²) in [7, 11) is 1.34. The molecule has 1 aromatic rings. The largest absolute Gasteiger partial charge is 0.465 e. The number of carbonyl (C=O) groups excluding carboxylic acids is 1. The number of rotatable bonds is 1. The molecule has 2 atom stereocenters. The summed E-state index contributed by atoms with van der Waals surface area (Å²) < 4.78 is 4.62. The third kappa shape index (κ3) is 2.04. The molecule has 0 unspecified atom stereocenters. The van der Waals surface area contributed by atoms with Crippen LogP contribution in [-0.2, 0) is 11.2 Å². The lowest BCUT2D eigenvalue weighted by Crippen LogP contribution is -2.21. The quantitative estimate of drug-likeness (QED) is 0.716.